The summed E-state index contributed by atoms with van der Waals surface area (Å²) < 4.78 is 0. The number of nitrogens with two attached hydrogens (primary N) is 1. The van der Waals surface area contributed by atoms with Crippen LogP contribution in [0.15, 0.2) is 24.3 Å². The minimum atomic E-state index is -0.607. The fraction of sp³-hybridized carbons (Fsp3) is 0.500. The molecule has 22 heavy (non-hydrogen) atoms. The highest BCUT2D eigenvalue weighted by Crippen LogP contribution is 2.19. The zero-order valence-corrected chi connectivity index (χ0v) is 14.4. The summed E-state index contributed by atoms with van der Waals surface area (Å²) in [5.74, 6) is 0.190. The predicted molar refractivity (Wildman–Crippen MR) is 93.2 cm³/mol. The van der Waals surface area contributed by atoms with Crippen LogP contribution in [-0.2, 0) is 9.59 Å². The average Bonchev–Trinajstić information content (AvgIpc) is 2.40. The molecule has 124 valence electrons. The maximum atomic E-state index is 12.0. The Morgan fingerprint density at radius 3 is 1.95 bits per heavy atom. The van der Waals surface area contributed by atoms with Crippen LogP contribution in [0, 0.1) is 11.3 Å². The van der Waals surface area contributed by atoms with E-state index in [0.717, 1.165) is 5.69 Å². The number of rotatable bonds is 6. The molecule has 0 radical (unpaired) electrons. The zero-order valence-electron chi connectivity index (χ0n) is 13.6. The van der Waals surface area contributed by atoms with Gasteiger partial charge in [-0.25, -0.2) is 0 Å². The van der Waals surface area contributed by atoms with Gasteiger partial charge in [-0.3, -0.25) is 9.59 Å². The van der Waals surface area contributed by atoms with Gasteiger partial charge in [-0.05, 0) is 44.0 Å². The van der Waals surface area contributed by atoms with Gasteiger partial charge in [0.15, 0.2) is 0 Å². The van der Waals surface area contributed by atoms with Crippen molar-refractivity contribution < 1.29 is 9.59 Å². The van der Waals surface area contributed by atoms with Crippen LogP contribution in [0.5, 0.6) is 0 Å². The maximum Gasteiger partial charge on any atom is 0.231 e. The molecule has 0 unspecified atom stereocenters. The number of carbonyl (C=O) groups is 2. The molecule has 0 bridgehead atoms. The Bertz CT molecular complexity index is 499. The average molecular weight is 328 g/mol. The fourth-order valence-electron chi connectivity index (χ4n) is 1.61. The number of amides is 2. The van der Waals surface area contributed by atoms with Crippen molar-refractivity contribution in [2.75, 3.05) is 17.2 Å². The molecule has 0 heterocycles. The van der Waals surface area contributed by atoms with Crippen LogP contribution in [0.2, 0.25) is 0 Å². The normalized spacial score (nSPS) is 10.8. The highest BCUT2D eigenvalue weighted by Gasteiger charge is 2.25. The van der Waals surface area contributed by atoms with Crippen molar-refractivity contribution in [1.29, 1.82) is 0 Å². The van der Waals surface area contributed by atoms with Crippen molar-refractivity contribution in [3.05, 3.63) is 24.3 Å². The second-order valence-corrected chi connectivity index (χ2v) is 6.27. The van der Waals surface area contributed by atoms with Gasteiger partial charge in [0.05, 0.1) is 5.41 Å². The Hall–Kier alpha value is -1.59. The summed E-state index contributed by atoms with van der Waals surface area (Å²) in [6, 6.07) is 7.05. The number of benzene rings is 1. The predicted octanol–water partition coefficient (Wildman–Crippen LogP) is 3.02. The molecule has 1 rings (SSSR count). The van der Waals surface area contributed by atoms with E-state index >= 15 is 0 Å². The number of hydrogen-bond donors (Lipinski definition) is 3. The first kappa shape index (κ1) is 20.4. The summed E-state index contributed by atoms with van der Waals surface area (Å²) in [6.45, 7) is 7.86. The maximum absolute atomic E-state index is 12.0. The molecule has 0 spiro atoms. The Kier molecular flexibility index (Phi) is 8.12. The molecule has 5 nitrogen and oxygen atoms in total. The molecule has 0 fully saturated rings. The topological polar surface area (TPSA) is 84.2 Å². The third-order valence-electron chi connectivity index (χ3n) is 3.15. The van der Waals surface area contributed by atoms with Gasteiger partial charge in [-0.1, -0.05) is 13.8 Å². The second kappa shape index (κ2) is 8.76. The van der Waals surface area contributed by atoms with Gasteiger partial charge < -0.3 is 16.4 Å². The molecule has 0 aliphatic rings. The van der Waals surface area contributed by atoms with Gasteiger partial charge in [0.2, 0.25) is 11.8 Å². The van der Waals surface area contributed by atoms with Crippen molar-refractivity contribution in [3.63, 3.8) is 0 Å². The lowest BCUT2D eigenvalue weighted by Crippen LogP contribution is -2.37. The summed E-state index contributed by atoms with van der Waals surface area (Å²) in [7, 11) is 0. The van der Waals surface area contributed by atoms with Crippen molar-refractivity contribution in [2.45, 2.75) is 34.1 Å². The SMILES string of the molecule is CC(C)CC(=O)Nc1ccc(NC(=O)C(C)(C)CN)cc1.Cl. The molecule has 0 aromatic heterocycles. The largest absolute Gasteiger partial charge is 0.329 e. The van der Waals surface area contributed by atoms with Crippen LogP contribution < -0.4 is 16.4 Å². The van der Waals surface area contributed by atoms with Crippen LogP contribution in [0.25, 0.3) is 0 Å². The van der Waals surface area contributed by atoms with Crippen molar-refractivity contribution in [1.82, 2.24) is 0 Å². The van der Waals surface area contributed by atoms with E-state index in [2.05, 4.69) is 10.6 Å². The lowest BCUT2D eigenvalue weighted by molar-refractivity contribution is -0.123. The summed E-state index contributed by atoms with van der Waals surface area (Å²) in [6.07, 6.45) is 0.489. The third-order valence-corrected chi connectivity index (χ3v) is 3.15. The molecule has 1 aromatic carbocycles. The minimum absolute atomic E-state index is 0. The molecule has 1 aromatic rings. The van der Waals surface area contributed by atoms with Crippen molar-refractivity contribution in [3.8, 4) is 0 Å². The zero-order chi connectivity index (χ0) is 16.0. The molecule has 0 saturated heterocycles. The van der Waals surface area contributed by atoms with Crippen LogP contribution >= 0.6 is 12.4 Å². The highest BCUT2D eigenvalue weighted by molar-refractivity contribution is 5.95. The minimum Gasteiger partial charge on any atom is -0.329 e. The molecular formula is C16H26ClN3O2. The van der Waals surface area contributed by atoms with Crippen molar-refractivity contribution in [2.24, 2.45) is 17.1 Å². The first-order valence-electron chi connectivity index (χ1n) is 7.16. The number of anilines is 2. The van der Waals surface area contributed by atoms with Crippen LogP contribution in [0.1, 0.15) is 34.1 Å². The number of nitrogens with one attached hydrogen (secondary N) is 2. The molecule has 4 N–H and O–H groups in total. The highest BCUT2D eigenvalue weighted by atomic mass is 35.5. The molecule has 0 aliphatic heterocycles. The van der Waals surface area contributed by atoms with Crippen LogP contribution in [-0.4, -0.2) is 18.4 Å². The molecular weight excluding hydrogens is 302 g/mol. The van der Waals surface area contributed by atoms with Crippen molar-refractivity contribution >= 4 is 35.6 Å². The Balaban J connectivity index is 0.00000441. The van der Waals surface area contributed by atoms with E-state index in [1.807, 2.05) is 13.8 Å². The van der Waals surface area contributed by atoms with E-state index in [0.29, 0.717) is 18.0 Å². The second-order valence-electron chi connectivity index (χ2n) is 6.27. The van der Waals surface area contributed by atoms with Gasteiger partial charge in [0.1, 0.15) is 0 Å². The summed E-state index contributed by atoms with van der Waals surface area (Å²) in [5, 5.41) is 5.64. The first-order chi connectivity index (χ1) is 9.74. The summed E-state index contributed by atoms with van der Waals surface area (Å²) >= 11 is 0. The lowest BCUT2D eigenvalue weighted by Gasteiger charge is -2.21. The van der Waals surface area contributed by atoms with Crippen LogP contribution in [0.4, 0.5) is 11.4 Å². The first-order valence-corrected chi connectivity index (χ1v) is 7.16. The van der Waals surface area contributed by atoms with Gasteiger partial charge >= 0.3 is 0 Å². The van der Waals surface area contributed by atoms with Gasteiger partial charge in [-0.2, -0.15) is 0 Å². The van der Waals surface area contributed by atoms with E-state index in [1.54, 1.807) is 38.1 Å². The molecule has 0 atom stereocenters. The number of halogens is 1. The Labute approximate surface area is 138 Å². The Morgan fingerprint density at radius 2 is 1.55 bits per heavy atom. The Morgan fingerprint density at radius 1 is 1.09 bits per heavy atom. The smallest absolute Gasteiger partial charge is 0.231 e. The van der Waals surface area contributed by atoms with E-state index in [4.69, 9.17) is 5.73 Å². The molecule has 0 aliphatic carbocycles. The van der Waals surface area contributed by atoms with Crippen LogP contribution in [0.3, 0.4) is 0 Å². The van der Waals surface area contributed by atoms with Gasteiger partial charge in [-0.15, -0.1) is 12.4 Å². The number of carbonyl (C=O) groups excluding carboxylic acids is 2. The molecule has 6 heteroatoms. The van der Waals surface area contributed by atoms with E-state index in [-0.39, 0.29) is 30.8 Å². The van der Waals surface area contributed by atoms with E-state index in [1.165, 1.54) is 0 Å². The standard InChI is InChI=1S/C16H25N3O2.ClH/c1-11(2)9-14(20)18-12-5-7-13(8-6-12)19-15(21)16(3,4)10-17;/h5-8,11H,9-10,17H2,1-4H3,(H,18,20)(H,19,21);1H. The monoisotopic (exact) mass is 327 g/mol. The third kappa shape index (κ3) is 6.45. The van der Waals surface area contributed by atoms with Gasteiger partial charge in [0, 0.05) is 24.3 Å². The summed E-state index contributed by atoms with van der Waals surface area (Å²) in [4.78, 5) is 23.6. The fourth-order valence-corrected chi connectivity index (χ4v) is 1.61. The van der Waals surface area contributed by atoms with Gasteiger partial charge in [0.25, 0.3) is 0 Å². The molecule has 0 saturated carbocycles. The summed E-state index contributed by atoms with van der Waals surface area (Å²) in [5.41, 5.74) is 6.37. The quantitative estimate of drug-likeness (QED) is 0.751. The lowest BCUT2D eigenvalue weighted by atomic mass is 9.92. The van der Waals surface area contributed by atoms with E-state index < -0.39 is 5.41 Å². The molecule has 2 amide bonds. The number of hydrogen-bond acceptors (Lipinski definition) is 3. The van der Waals surface area contributed by atoms with E-state index in [9.17, 15) is 9.59 Å².